The molecule has 0 aromatic rings. The summed E-state index contributed by atoms with van der Waals surface area (Å²) in [5, 5.41) is 8.99. The summed E-state index contributed by atoms with van der Waals surface area (Å²) in [6.45, 7) is 1.44. The second-order valence-corrected chi connectivity index (χ2v) is 4.90. The van der Waals surface area contributed by atoms with Crippen molar-refractivity contribution in [2.45, 2.75) is 50.4 Å². The van der Waals surface area contributed by atoms with E-state index in [0.29, 0.717) is 13.0 Å². The molecule has 0 radical (unpaired) electrons. The van der Waals surface area contributed by atoms with E-state index in [1.807, 2.05) is 4.90 Å². The molecule has 98 valence electrons. The van der Waals surface area contributed by atoms with Crippen LogP contribution >= 0.6 is 0 Å². The van der Waals surface area contributed by atoms with Crippen molar-refractivity contribution in [2.24, 2.45) is 5.73 Å². The summed E-state index contributed by atoms with van der Waals surface area (Å²) in [5.41, 5.74) is 5.54. The first kappa shape index (κ1) is 12.8. The third-order valence-electron chi connectivity index (χ3n) is 3.77. The molecule has 5 nitrogen and oxygen atoms in total. The molecule has 3 atom stereocenters. The molecule has 0 aliphatic carbocycles. The maximum absolute atomic E-state index is 12.3. The maximum atomic E-state index is 12.3. The molecule has 0 aromatic carbocycles. The van der Waals surface area contributed by atoms with E-state index >= 15 is 0 Å². The van der Waals surface area contributed by atoms with Crippen LogP contribution in [0.1, 0.15) is 32.1 Å². The first-order valence-electron chi connectivity index (χ1n) is 6.53. The topological polar surface area (TPSA) is 75.8 Å². The highest BCUT2D eigenvalue weighted by Crippen LogP contribution is 2.26. The van der Waals surface area contributed by atoms with E-state index in [4.69, 9.17) is 15.6 Å². The number of aliphatic hydroxyl groups excluding tert-OH is 1. The van der Waals surface area contributed by atoms with Crippen molar-refractivity contribution in [2.75, 3.05) is 19.7 Å². The quantitative estimate of drug-likeness (QED) is 0.720. The van der Waals surface area contributed by atoms with Crippen molar-refractivity contribution in [3.05, 3.63) is 0 Å². The lowest BCUT2D eigenvalue weighted by Gasteiger charge is -2.27. The molecule has 2 aliphatic rings. The van der Waals surface area contributed by atoms with Gasteiger partial charge in [-0.2, -0.15) is 0 Å². The van der Waals surface area contributed by atoms with Gasteiger partial charge in [0, 0.05) is 25.7 Å². The molecule has 2 aliphatic heterocycles. The zero-order valence-electron chi connectivity index (χ0n) is 10.2. The van der Waals surface area contributed by atoms with Gasteiger partial charge in [-0.3, -0.25) is 4.79 Å². The molecule has 0 saturated carbocycles. The highest BCUT2D eigenvalue weighted by atomic mass is 16.5. The summed E-state index contributed by atoms with van der Waals surface area (Å²) < 4.78 is 5.63. The van der Waals surface area contributed by atoms with Crippen LogP contribution in [0.3, 0.4) is 0 Å². The Balaban J connectivity index is 1.91. The number of nitrogens with zero attached hydrogens (tertiary/aromatic N) is 1. The fraction of sp³-hybridized carbons (Fsp3) is 0.917. The van der Waals surface area contributed by atoms with Crippen LogP contribution in [0.5, 0.6) is 0 Å². The summed E-state index contributed by atoms with van der Waals surface area (Å²) in [6, 6.07) is 0.202. The van der Waals surface area contributed by atoms with Gasteiger partial charge in [0.25, 0.3) is 5.91 Å². The van der Waals surface area contributed by atoms with Gasteiger partial charge in [0.15, 0.2) is 0 Å². The molecule has 3 unspecified atom stereocenters. The lowest BCUT2D eigenvalue weighted by Crippen LogP contribution is -2.42. The largest absolute Gasteiger partial charge is 0.396 e. The molecule has 2 heterocycles. The summed E-state index contributed by atoms with van der Waals surface area (Å²) in [4.78, 5) is 14.2. The van der Waals surface area contributed by atoms with Crippen LogP contribution in [0.4, 0.5) is 0 Å². The smallest absolute Gasteiger partial charge is 0.251 e. The average molecular weight is 242 g/mol. The van der Waals surface area contributed by atoms with Crippen LogP contribution in [0.2, 0.25) is 0 Å². The van der Waals surface area contributed by atoms with E-state index in [2.05, 4.69) is 0 Å². The Morgan fingerprint density at radius 1 is 1.41 bits per heavy atom. The van der Waals surface area contributed by atoms with Gasteiger partial charge in [-0.05, 0) is 32.1 Å². The van der Waals surface area contributed by atoms with Crippen molar-refractivity contribution < 1.29 is 14.6 Å². The van der Waals surface area contributed by atoms with E-state index in [9.17, 15) is 4.79 Å². The second kappa shape index (κ2) is 5.80. The SMILES string of the molecule is NCC1CCC(C(=O)N2CCCC2CCO)O1. The number of nitrogens with two attached hydrogens (primary N) is 1. The van der Waals surface area contributed by atoms with Gasteiger partial charge in [-0.1, -0.05) is 0 Å². The molecule has 17 heavy (non-hydrogen) atoms. The number of hydrogen-bond acceptors (Lipinski definition) is 4. The number of amides is 1. The van der Waals surface area contributed by atoms with E-state index in [-0.39, 0.29) is 30.8 Å². The monoisotopic (exact) mass is 242 g/mol. The Morgan fingerprint density at radius 3 is 2.88 bits per heavy atom. The van der Waals surface area contributed by atoms with Crippen LogP contribution in [-0.4, -0.2) is 53.9 Å². The van der Waals surface area contributed by atoms with Gasteiger partial charge < -0.3 is 20.5 Å². The molecular weight excluding hydrogens is 220 g/mol. The minimum atomic E-state index is -0.303. The van der Waals surface area contributed by atoms with Gasteiger partial charge in [0.2, 0.25) is 0 Å². The fourth-order valence-electron chi connectivity index (χ4n) is 2.82. The molecule has 1 amide bonds. The van der Waals surface area contributed by atoms with E-state index in [1.165, 1.54) is 0 Å². The summed E-state index contributed by atoms with van der Waals surface area (Å²) in [7, 11) is 0. The number of carbonyl (C=O) groups excluding carboxylic acids is 1. The minimum Gasteiger partial charge on any atom is -0.396 e. The lowest BCUT2D eigenvalue weighted by molar-refractivity contribution is -0.143. The van der Waals surface area contributed by atoms with E-state index in [1.54, 1.807) is 0 Å². The predicted octanol–water partition coefficient (Wildman–Crippen LogP) is -0.134. The van der Waals surface area contributed by atoms with Gasteiger partial charge in [0.1, 0.15) is 6.10 Å². The highest BCUT2D eigenvalue weighted by Gasteiger charge is 2.37. The molecule has 5 heteroatoms. The van der Waals surface area contributed by atoms with Crippen LogP contribution in [0.25, 0.3) is 0 Å². The van der Waals surface area contributed by atoms with Crippen molar-refractivity contribution >= 4 is 5.91 Å². The van der Waals surface area contributed by atoms with Crippen LogP contribution < -0.4 is 5.73 Å². The standard InChI is InChI=1S/C12H22N2O3/c13-8-10-3-4-11(17-10)12(16)14-6-1-2-9(14)5-7-15/h9-11,15H,1-8,13H2. The van der Waals surface area contributed by atoms with Crippen molar-refractivity contribution in [1.82, 2.24) is 4.90 Å². The van der Waals surface area contributed by atoms with Crippen molar-refractivity contribution in [3.63, 3.8) is 0 Å². The van der Waals surface area contributed by atoms with Crippen molar-refractivity contribution in [1.29, 1.82) is 0 Å². The Bertz CT molecular complexity index is 272. The number of likely N-dealkylation sites (tertiary alicyclic amines) is 1. The average Bonchev–Trinajstić information content (AvgIpc) is 2.97. The lowest BCUT2D eigenvalue weighted by atomic mass is 10.1. The molecule has 2 rings (SSSR count). The first-order chi connectivity index (χ1) is 8.26. The number of aliphatic hydroxyl groups is 1. The molecule has 2 fully saturated rings. The summed E-state index contributed by atoms with van der Waals surface area (Å²) in [6.07, 6.45) is 4.11. The zero-order chi connectivity index (χ0) is 12.3. The highest BCUT2D eigenvalue weighted by molar-refractivity contribution is 5.81. The maximum Gasteiger partial charge on any atom is 0.251 e. The van der Waals surface area contributed by atoms with Gasteiger partial charge in [-0.15, -0.1) is 0 Å². The summed E-state index contributed by atoms with van der Waals surface area (Å²) in [5.74, 6) is 0.0944. The number of rotatable bonds is 4. The van der Waals surface area contributed by atoms with Gasteiger partial charge in [-0.25, -0.2) is 0 Å². The molecule has 0 aromatic heterocycles. The van der Waals surface area contributed by atoms with Gasteiger partial charge >= 0.3 is 0 Å². The fourth-order valence-corrected chi connectivity index (χ4v) is 2.82. The molecule has 0 spiro atoms. The zero-order valence-corrected chi connectivity index (χ0v) is 10.2. The Labute approximate surface area is 102 Å². The van der Waals surface area contributed by atoms with Crippen molar-refractivity contribution in [3.8, 4) is 0 Å². The minimum absolute atomic E-state index is 0.0443. The van der Waals surface area contributed by atoms with E-state index in [0.717, 1.165) is 32.2 Å². The molecule has 3 N–H and O–H groups in total. The van der Waals surface area contributed by atoms with E-state index < -0.39 is 0 Å². The number of hydrogen-bond donors (Lipinski definition) is 2. The third-order valence-corrected chi connectivity index (χ3v) is 3.77. The number of ether oxygens (including phenoxy) is 1. The molecule has 0 bridgehead atoms. The Kier molecular flexibility index (Phi) is 4.36. The Hall–Kier alpha value is -0.650. The summed E-state index contributed by atoms with van der Waals surface area (Å²) >= 11 is 0. The van der Waals surface area contributed by atoms with Crippen LogP contribution in [0.15, 0.2) is 0 Å². The number of carbonyl (C=O) groups is 1. The third kappa shape index (κ3) is 2.78. The normalized spacial score (nSPS) is 33.3. The van der Waals surface area contributed by atoms with Crippen LogP contribution in [0, 0.1) is 0 Å². The molecular formula is C12H22N2O3. The second-order valence-electron chi connectivity index (χ2n) is 4.90. The van der Waals surface area contributed by atoms with Crippen LogP contribution in [-0.2, 0) is 9.53 Å². The predicted molar refractivity (Wildman–Crippen MR) is 63.4 cm³/mol. The molecule has 2 saturated heterocycles. The first-order valence-corrected chi connectivity index (χ1v) is 6.53. The Morgan fingerprint density at radius 2 is 2.24 bits per heavy atom. The van der Waals surface area contributed by atoms with Gasteiger partial charge in [0.05, 0.1) is 6.10 Å².